The number of hydrogen-bond donors (Lipinski definition) is 1. The van der Waals surface area contributed by atoms with Gasteiger partial charge in [0.25, 0.3) is 5.91 Å². The first-order valence-electron chi connectivity index (χ1n) is 8.77. The molecule has 7 nitrogen and oxygen atoms in total. The molecule has 142 valence electrons. The van der Waals surface area contributed by atoms with Crippen LogP contribution in [0, 0.1) is 0 Å². The van der Waals surface area contributed by atoms with Gasteiger partial charge in [-0.15, -0.1) is 0 Å². The van der Waals surface area contributed by atoms with Gasteiger partial charge in [0.1, 0.15) is 19.0 Å². The normalized spacial score (nSPS) is 12.2. The lowest BCUT2D eigenvalue weighted by atomic mass is 10.1. The van der Waals surface area contributed by atoms with Crippen LogP contribution in [0.25, 0.3) is 0 Å². The van der Waals surface area contributed by atoms with Crippen molar-refractivity contribution in [1.29, 1.82) is 0 Å². The first-order valence-corrected chi connectivity index (χ1v) is 8.77. The fraction of sp³-hybridized carbons (Fsp3) is 0.300. The van der Waals surface area contributed by atoms with Gasteiger partial charge in [-0.2, -0.15) is 0 Å². The van der Waals surface area contributed by atoms with Crippen LogP contribution >= 0.6 is 0 Å². The van der Waals surface area contributed by atoms with E-state index in [0.29, 0.717) is 37.5 Å². The van der Waals surface area contributed by atoms with Gasteiger partial charge < -0.3 is 24.3 Å². The molecular formula is C20H21NO6. The molecule has 1 N–H and O–H groups in total. The van der Waals surface area contributed by atoms with Gasteiger partial charge in [-0.3, -0.25) is 4.79 Å². The van der Waals surface area contributed by atoms with Crippen molar-refractivity contribution >= 4 is 12.1 Å². The molecule has 0 aliphatic carbocycles. The third kappa shape index (κ3) is 5.13. The van der Waals surface area contributed by atoms with E-state index in [2.05, 4.69) is 5.32 Å². The molecular weight excluding hydrogens is 350 g/mol. The molecule has 0 saturated carbocycles. The maximum absolute atomic E-state index is 12.2. The Kier molecular flexibility index (Phi) is 6.14. The second-order valence-corrected chi connectivity index (χ2v) is 5.79. The number of ether oxygens (including phenoxy) is 4. The Morgan fingerprint density at radius 2 is 1.78 bits per heavy atom. The van der Waals surface area contributed by atoms with E-state index >= 15 is 0 Å². The van der Waals surface area contributed by atoms with E-state index in [1.165, 1.54) is 0 Å². The highest BCUT2D eigenvalue weighted by Gasteiger charge is 2.12. The topological polar surface area (TPSA) is 83.1 Å². The van der Waals surface area contributed by atoms with Crippen LogP contribution in [-0.2, 0) is 11.2 Å². The van der Waals surface area contributed by atoms with Crippen molar-refractivity contribution in [2.75, 3.05) is 26.4 Å². The van der Waals surface area contributed by atoms with E-state index < -0.39 is 6.16 Å². The van der Waals surface area contributed by atoms with E-state index in [0.717, 1.165) is 17.1 Å². The minimum atomic E-state index is -0.769. The van der Waals surface area contributed by atoms with Crippen molar-refractivity contribution in [3.8, 4) is 17.2 Å². The molecule has 0 atom stereocenters. The van der Waals surface area contributed by atoms with Crippen molar-refractivity contribution in [2.24, 2.45) is 0 Å². The second kappa shape index (κ2) is 8.93. The maximum Gasteiger partial charge on any atom is 0.513 e. The first kappa shape index (κ1) is 18.6. The first-order chi connectivity index (χ1) is 13.2. The summed E-state index contributed by atoms with van der Waals surface area (Å²) in [7, 11) is 0. The standard InChI is InChI=1S/C20H21NO6/c1-2-24-20(23)27-16-6-4-15(5-7-16)19(22)21-10-9-14-3-8-17-18(13-14)26-12-11-25-17/h3-8,13H,2,9-12H2,1H3,(H,21,22). The summed E-state index contributed by atoms with van der Waals surface area (Å²) in [5.41, 5.74) is 1.53. The molecule has 0 saturated heterocycles. The van der Waals surface area contributed by atoms with Gasteiger partial charge in [-0.05, 0) is 55.3 Å². The molecule has 0 bridgehead atoms. The van der Waals surface area contributed by atoms with Gasteiger partial charge in [0.05, 0.1) is 6.61 Å². The van der Waals surface area contributed by atoms with E-state index in [-0.39, 0.29) is 12.5 Å². The molecule has 1 heterocycles. The average molecular weight is 371 g/mol. The molecule has 7 heteroatoms. The third-order valence-corrected chi connectivity index (χ3v) is 3.89. The van der Waals surface area contributed by atoms with E-state index in [1.807, 2.05) is 18.2 Å². The van der Waals surface area contributed by atoms with Gasteiger partial charge >= 0.3 is 6.16 Å². The molecule has 0 aromatic heterocycles. The van der Waals surface area contributed by atoms with Crippen LogP contribution in [0.4, 0.5) is 4.79 Å². The van der Waals surface area contributed by atoms with Crippen molar-refractivity contribution in [2.45, 2.75) is 13.3 Å². The fourth-order valence-electron chi connectivity index (χ4n) is 2.58. The lowest BCUT2D eigenvalue weighted by molar-refractivity contribution is 0.0954. The number of rotatable bonds is 6. The number of amides is 1. The number of carbonyl (C=O) groups excluding carboxylic acids is 2. The lowest BCUT2D eigenvalue weighted by Crippen LogP contribution is -2.25. The molecule has 27 heavy (non-hydrogen) atoms. The largest absolute Gasteiger partial charge is 0.513 e. The average Bonchev–Trinajstić information content (AvgIpc) is 2.68. The van der Waals surface area contributed by atoms with Gasteiger partial charge in [-0.1, -0.05) is 6.07 Å². The number of nitrogens with one attached hydrogen (secondary N) is 1. The van der Waals surface area contributed by atoms with Gasteiger partial charge in [0.15, 0.2) is 11.5 Å². The quantitative estimate of drug-likeness (QED) is 0.621. The molecule has 2 aromatic rings. The number of fused-ring (bicyclic) bond motifs is 1. The third-order valence-electron chi connectivity index (χ3n) is 3.89. The van der Waals surface area contributed by atoms with Crippen LogP contribution in [0.1, 0.15) is 22.8 Å². The highest BCUT2D eigenvalue weighted by atomic mass is 16.7. The molecule has 2 aromatic carbocycles. The molecule has 1 aliphatic heterocycles. The van der Waals surface area contributed by atoms with E-state index in [4.69, 9.17) is 18.9 Å². The van der Waals surface area contributed by atoms with Crippen LogP contribution < -0.4 is 19.5 Å². The van der Waals surface area contributed by atoms with Gasteiger partial charge in [0, 0.05) is 12.1 Å². The highest BCUT2D eigenvalue weighted by molar-refractivity contribution is 5.94. The van der Waals surface area contributed by atoms with Crippen LogP contribution in [0.3, 0.4) is 0 Å². The zero-order valence-corrected chi connectivity index (χ0v) is 15.0. The Morgan fingerprint density at radius 1 is 1.04 bits per heavy atom. The summed E-state index contributed by atoms with van der Waals surface area (Å²) in [4.78, 5) is 23.5. The number of hydrogen-bond acceptors (Lipinski definition) is 6. The van der Waals surface area contributed by atoms with Crippen molar-refractivity contribution in [3.05, 3.63) is 53.6 Å². The zero-order valence-electron chi connectivity index (χ0n) is 15.0. The van der Waals surface area contributed by atoms with Crippen molar-refractivity contribution < 1.29 is 28.5 Å². The Morgan fingerprint density at radius 3 is 2.52 bits per heavy atom. The summed E-state index contributed by atoms with van der Waals surface area (Å²) in [5.74, 6) is 1.61. The van der Waals surface area contributed by atoms with Gasteiger partial charge in [0.2, 0.25) is 0 Å². The summed E-state index contributed by atoms with van der Waals surface area (Å²) < 4.78 is 20.7. The predicted molar refractivity (Wildman–Crippen MR) is 97.6 cm³/mol. The maximum atomic E-state index is 12.2. The van der Waals surface area contributed by atoms with Crippen LogP contribution in [-0.4, -0.2) is 38.4 Å². The summed E-state index contributed by atoms with van der Waals surface area (Å²) in [5, 5.41) is 2.86. The SMILES string of the molecule is CCOC(=O)Oc1ccc(C(=O)NCCc2ccc3c(c2)OCCO3)cc1. The summed E-state index contributed by atoms with van der Waals surface area (Å²) in [6.45, 7) is 3.52. The highest BCUT2D eigenvalue weighted by Crippen LogP contribution is 2.30. The summed E-state index contributed by atoms with van der Waals surface area (Å²) in [6.07, 6.45) is -0.0963. The lowest BCUT2D eigenvalue weighted by Gasteiger charge is -2.18. The van der Waals surface area contributed by atoms with E-state index in [9.17, 15) is 9.59 Å². The van der Waals surface area contributed by atoms with Crippen LogP contribution in [0.5, 0.6) is 17.2 Å². The van der Waals surface area contributed by atoms with Crippen molar-refractivity contribution in [3.63, 3.8) is 0 Å². The molecule has 0 spiro atoms. The Balaban J connectivity index is 1.48. The van der Waals surface area contributed by atoms with Crippen LogP contribution in [0.2, 0.25) is 0 Å². The van der Waals surface area contributed by atoms with Gasteiger partial charge in [-0.25, -0.2) is 4.79 Å². The smallest absolute Gasteiger partial charge is 0.486 e. The van der Waals surface area contributed by atoms with Crippen molar-refractivity contribution in [1.82, 2.24) is 5.32 Å². The summed E-state index contributed by atoms with van der Waals surface area (Å²) in [6, 6.07) is 12.1. The fourth-order valence-corrected chi connectivity index (χ4v) is 2.58. The summed E-state index contributed by atoms with van der Waals surface area (Å²) >= 11 is 0. The Labute approximate surface area is 157 Å². The molecule has 1 aliphatic rings. The monoisotopic (exact) mass is 371 g/mol. The molecule has 1 amide bonds. The number of benzene rings is 2. The second-order valence-electron chi connectivity index (χ2n) is 5.79. The minimum absolute atomic E-state index is 0.199. The number of carbonyl (C=O) groups is 2. The molecule has 3 rings (SSSR count). The predicted octanol–water partition coefficient (Wildman–Crippen LogP) is 2.97. The van der Waals surface area contributed by atoms with Crippen LogP contribution in [0.15, 0.2) is 42.5 Å². The minimum Gasteiger partial charge on any atom is -0.486 e. The Hall–Kier alpha value is -3.22. The Bertz CT molecular complexity index is 803. The molecule has 0 fully saturated rings. The molecule has 0 radical (unpaired) electrons. The zero-order chi connectivity index (χ0) is 19.1. The van der Waals surface area contributed by atoms with E-state index in [1.54, 1.807) is 31.2 Å². The molecule has 0 unspecified atom stereocenters.